The van der Waals surface area contributed by atoms with Crippen LogP contribution in [0.15, 0.2) is 15.7 Å². The molecule has 24 heavy (non-hydrogen) atoms. The van der Waals surface area contributed by atoms with Crippen LogP contribution in [0.4, 0.5) is 0 Å². The number of halogens is 2. The molecule has 1 fully saturated rings. The Morgan fingerprint density at radius 2 is 2.04 bits per heavy atom. The Balaban J connectivity index is 0.00000144. The molecule has 4 N–H and O–H groups in total. The molecule has 3 rings (SSSR count). The second-order valence-corrected chi connectivity index (χ2v) is 5.47. The normalized spacial score (nSPS) is 16.8. The quantitative estimate of drug-likeness (QED) is 0.599. The number of hydrogen-bond acceptors (Lipinski definition) is 5. The minimum atomic E-state index is -0.640. The van der Waals surface area contributed by atoms with Gasteiger partial charge in [0.05, 0.1) is 5.39 Å². The number of rotatable bonds is 2. The summed E-state index contributed by atoms with van der Waals surface area (Å²) >= 11 is 0. The van der Waals surface area contributed by atoms with Crippen molar-refractivity contribution in [3.05, 3.63) is 38.2 Å². The molecule has 1 saturated heterocycles. The number of nitrogens with zero attached hydrogens (tertiary/aromatic N) is 1. The molecule has 0 aromatic carbocycles. The van der Waals surface area contributed by atoms with Gasteiger partial charge >= 0.3 is 5.69 Å². The van der Waals surface area contributed by atoms with Crippen molar-refractivity contribution >= 4 is 41.8 Å². The number of carbonyl (C=O) groups is 1. The zero-order valence-electron chi connectivity index (χ0n) is 13.0. The Kier molecular flexibility index (Phi) is 6.94. The van der Waals surface area contributed by atoms with Crippen molar-refractivity contribution in [1.29, 1.82) is 0 Å². The third-order valence-corrected chi connectivity index (χ3v) is 3.77. The molecule has 0 bridgehead atoms. The number of hydrogen-bond donors (Lipinski definition) is 4. The number of H-pyrrole nitrogens is 2. The van der Waals surface area contributed by atoms with Crippen molar-refractivity contribution in [3.8, 4) is 0 Å². The van der Waals surface area contributed by atoms with Crippen molar-refractivity contribution in [2.75, 3.05) is 13.1 Å². The highest BCUT2D eigenvalue weighted by Crippen LogP contribution is 2.11. The van der Waals surface area contributed by atoms with E-state index in [-0.39, 0.29) is 53.5 Å². The lowest BCUT2D eigenvalue weighted by atomic mass is 10.1. The van der Waals surface area contributed by atoms with E-state index in [1.165, 1.54) is 0 Å². The van der Waals surface area contributed by atoms with Crippen LogP contribution in [0.3, 0.4) is 0 Å². The summed E-state index contributed by atoms with van der Waals surface area (Å²) in [4.78, 5) is 44.2. The van der Waals surface area contributed by atoms with Crippen LogP contribution in [-0.2, 0) is 0 Å². The minimum Gasteiger partial charge on any atom is -0.347 e. The summed E-state index contributed by atoms with van der Waals surface area (Å²) in [5, 5.41) is 6.42. The lowest BCUT2D eigenvalue weighted by Crippen LogP contribution is -2.45. The number of pyridine rings is 1. The maximum Gasteiger partial charge on any atom is 0.327 e. The number of aryl methyl sites for hydroxylation is 1. The van der Waals surface area contributed by atoms with E-state index in [2.05, 4.69) is 25.6 Å². The molecule has 0 spiro atoms. The van der Waals surface area contributed by atoms with E-state index in [1.54, 1.807) is 13.0 Å². The number of aromatic amines is 2. The van der Waals surface area contributed by atoms with Crippen LogP contribution in [0.5, 0.6) is 0 Å². The highest BCUT2D eigenvalue weighted by molar-refractivity contribution is 5.95. The van der Waals surface area contributed by atoms with Crippen LogP contribution < -0.4 is 21.9 Å². The highest BCUT2D eigenvalue weighted by Gasteiger charge is 2.18. The molecule has 1 aliphatic rings. The first-order valence-corrected chi connectivity index (χ1v) is 7.20. The number of carbonyl (C=O) groups excluding carboxylic acids is 1. The number of amides is 1. The molecule has 1 amide bonds. The summed E-state index contributed by atoms with van der Waals surface area (Å²) in [5.41, 5.74) is -0.238. The molecule has 0 aliphatic carbocycles. The van der Waals surface area contributed by atoms with Crippen LogP contribution in [-0.4, -0.2) is 40.0 Å². The molecular formula is C14H19Cl2N5O3. The molecular weight excluding hydrogens is 357 g/mol. The van der Waals surface area contributed by atoms with E-state index in [4.69, 9.17) is 0 Å². The fraction of sp³-hybridized carbons (Fsp3) is 0.429. The van der Waals surface area contributed by atoms with E-state index in [1.807, 2.05) is 0 Å². The summed E-state index contributed by atoms with van der Waals surface area (Å²) < 4.78 is 0. The third-order valence-electron chi connectivity index (χ3n) is 3.77. The molecule has 8 nitrogen and oxygen atoms in total. The molecule has 10 heteroatoms. The van der Waals surface area contributed by atoms with Gasteiger partial charge in [-0.3, -0.25) is 19.6 Å². The van der Waals surface area contributed by atoms with Gasteiger partial charge in [0, 0.05) is 12.6 Å². The summed E-state index contributed by atoms with van der Waals surface area (Å²) in [6, 6.07) is 1.62. The Labute approximate surface area is 149 Å². The van der Waals surface area contributed by atoms with Crippen molar-refractivity contribution in [1.82, 2.24) is 25.6 Å². The minimum absolute atomic E-state index is 0. The predicted molar refractivity (Wildman–Crippen MR) is 95.6 cm³/mol. The maximum atomic E-state index is 12.3. The Hall–Kier alpha value is -1.90. The monoisotopic (exact) mass is 375 g/mol. The summed E-state index contributed by atoms with van der Waals surface area (Å²) in [5.74, 6) is -0.306. The first-order valence-electron chi connectivity index (χ1n) is 7.20. The smallest absolute Gasteiger partial charge is 0.327 e. The van der Waals surface area contributed by atoms with Crippen LogP contribution in [0, 0.1) is 6.92 Å². The number of nitrogens with one attached hydrogen (secondary N) is 4. The first-order chi connectivity index (χ1) is 10.5. The highest BCUT2D eigenvalue weighted by atomic mass is 35.5. The SMILES string of the molecule is Cc1cc(C(=O)NC2CCCNC2)nc2[nH]c(=O)[nH]c(=O)c12.Cl.Cl. The fourth-order valence-electron chi connectivity index (χ4n) is 2.70. The number of piperidine rings is 1. The van der Waals surface area contributed by atoms with Crippen molar-refractivity contribution in [3.63, 3.8) is 0 Å². The van der Waals surface area contributed by atoms with E-state index >= 15 is 0 Å². The van der Waals surface area contributed by atoms with Crippen LogP contribution in [0.2, 0.25) is 0 Å². The van der Waals surface area contributed by atoms with Crippen molar-refractivity contribution in [2.24, 2.45) is 0 Å². The lowest BCUT2D eigenvalue weighted by Gasteiger charge is -2.23. The van der Waals surface area contributed by atoms with Gasteiger partial charge in [-0.25, -0.2) is 9.78 Å². The van der Waals surface area contributed by atoms with E-state index in [0.717, 1.165) is 25.9 Å². The molecule has 1 atom stereocenters. The van der Waals surface area contributed by atoms with Gasteiger partial charge in [-0.05, 0) is 37.9 Å². The molecule has 0 radical (unpaired) electrons. The van der Waals surface area contributed by atoms with Gasteiger partial charge < -0.3 is 10.6 Å². The summed E-state index contributed by atoms with van der Waals surface area (Å²) in [6.07, 6.45) is 1.93. The molecule has 1 unspecified atom stereocenters. The lowest BCUT2D eigenvalue weighted by molar-refractivity contribution is 0.0926. The fourth-order valence-corrected chi connectivity index (χ4v) is 2.70. The van der Waals surface area contributed by atoms with Crippen LogP contribution in [0.25, 0.3) is 11.0 Å². The predicted octanol–water partition coefficient (Wildman–Crippen LogP) is 0.245. The molecule has 2 aromatic heterocycles. The maximum absolute atomic E-state index is 12.3. The Morgan fingerprint density at radius 1 is 1.29 bits per heavy atom. The Morgan fingerprint density at radius 3 is 2.71 bits per heavy atom. The molecule has 3 heterocycles. The molecule has 1 aliphatic heterocycles. The van der Waals surface area contributed by atoms with Gasteiger partial charge in [-0.2, -0.15) is 0 Å². The van der Waals surface area contributed by atoms with Gasteiger partial charge in [-0.1, -0.05) is 0 Å². The second kappa shape index (κ2) is 8.27. The topological polar surface area (TPSA) is 120 Å². The van der Waals surface area contributed by atoms with Gasteiger partial charge in [-0.15, -0.1) is 24.8 Å². The third kappa shape index (κ3) is 4.14. The zero-order chi connectivity index (χ0) is 15.7. The average Bonchev–Trinajstić information content (AvgIpc) is 2.47. The summed E-state index contributed by atoms with van der Waals surface area (Å²) in [6.45, 7) is 3.40. The van der Waals surface area contributed by atoms with E-state index in [9.17, 15) is 14.4 Å². The van der Waals surface area contributed by atoms with E-state index in [0.29, 0.717) is 5.56 Å². The van der Waals surface area contributed by atoms with Crippen LogP contribution >= 0.6 is 24.8 Å². The van der Waals surface area contributed by atoms with Crippen molar-refractivity contribution in [2.45, 2.75) is 25.8 Å². The second-order valence-electron chi connectivity index (χ2n) is 5.47. The van der Waals surface area contributed by atoms with Gasteiger partial charge in [0.25, 0.3) is 11.5 Å². The van der Waals surface area contributed by atoms with Crippen molar-refractivity contribution < 1.29 is 4.79 Å². The Bertz CT molecular complexity index is 842. The zero-order valence-corrected chi connectivity index (χ0v) is 14.6. The molecule has 0 saturated carbocycles. The van der Waals surface area contributed by atoms with E-state index < -0.39 is 11.2 Å². The van der Waals surface area contributed by atoms with Gasteiger partial charge in [0.15, 0.2) is 0 Å². The summed E-state index contributed by atoms with van der Waals surface area (Å²) in [7, 11) is 0. The number of aromatic nitrogens is 3. The van der Waals surface area contributed by atoms with Crippen LogP contribution in [0.1, 0.15) is 28.9 Å². The molecule has 2 aromatic rings. The van der Waals surface area contributed by atoms with Gasteiger partial charge in [0.1, 0.15) is 11.3 Å². The first kappa shape index (κ1) is 20.1. The molecule has 132 valence electrons. The average molecular weight is 376 g/mol. The largest absolute Gasteiger partial charge is 0.347 e. The standard InChI is InChI=1S/C14H17N5O3.2ClH/c1-7-5-9(12(20)16-8-3-2-4-15-6-8)17-11-10(7)13(21)19-14(22)18-11;;/h5,8,15H,2-4,6H2,1H3,(H,16,20)(H2,17,18,19,21,22);2*1H. The number of fused-ring (bicyclic) bond motifs is 1. The van der Waals surface area contributed by atoms with Gasteiger partial charge in [0.2, 0.25) is 0 Å².